The first-order chi connectivity index (χ1) is 4.70. The predicted octanol–water partition coefficient (Wildman–Crippen LogP) is 1.20. The summed E-state index contributed by atoms with van der Waals surface area (Å²) >= 11 is 0. The van der Waals surface area contributed by atoms with Crippen LogP contribution in [-0.2, 0) is 0 Å². The maximum absolute atomic E-state index is 10.6. The molecule has 0 aliphatic heterocycles. The van der Waals surface area contributed by atoms with Gasteiger partial charge in [-0.2, -0.15) is 0 Å². The van der Waals surface area contributed by atoms with Crippen molar-refractivity contribution < 1.29 is 4.79 Å². The molecule has 0 bridgehead atoms. The summed E-state index contributed by atoms with van der Waals surface area (Å²) in [5.74, 6) is -0.0694. The van der Waals surface area contributed by atoms with E-state index >= 15 is 0 Å². The van der Waals surface area contributed by atoms with Crippen molar-refractivity contribution in [2.24, 2.45) is 0 Å². The lowest BCUT2D eigenvalue weighted by Crippen LogP contribution is -1.94. The minimum atomic E-state index is -0.0694. The highest BCUT2D eigenvalue weighted by Gasteiger charge is 1.97. The van der Waals surface area contributed by atoms with E-state index in [4.69, 9.17) is 5.73 Å². The molecule has 10 heavy (non-hydrogen) atoms. The summed E-state index contributed by atoms with van der Waals surface area (Å²) in [4.78, 5) is 14.4. The highest BCUT2D eigenvalue weighted by molar-refractivity contribution is 5.92. The molecule has 0 saturated heterocycles. The highest BCUT2D eigenvalue weighted by atomic mass is 16.1. The second-order valence-electron chi connectivity index (χ2n) is 1.99. The largest absolute Gasteiger partial charge is 0.299 e. The third kappa shape index (κ3) is 1.31. The summed E-state index contributed by atoms with van der Waals surface area (Å²) < 4.78 is 0. The van der Waals surface area contributed by atoms with Crippen LogP contribution < -0.4 is 5.73 Å². The van der Waals surface area contributed by atoms with Crippen LogP contribution in [0.3, 0.4) is 0 Å². The molecule has 1 rings (SSSR count). The molecule has 1 N–H and O–H groups in total. The predicted molar refractivity (Wildman–Crippen MR) is 37.0 cm³/mol. The first kappa shape index (κ1) is 6.74. The lowest BCUT2D eigenvalue weighted by molar-refractivity contribution is 0.101. The maximum atomic E-state index is 10.6. The van der Waals surface area contributed by atoms with E-state index in [9.17, 15) is 4.79 Å². The Morgan fingerprint density at radius 2 is 2.30 bits per heavy atom. The Morgan fingerprint density at radius 3 is 2.70 bits per heavy atom. The summed E-state index contributed by atoms with van der Waals surface area (Å²) in [5, 5.41) is 0. The van der Waals surface area contributed by atoms with Crippen molar-refractivity contribution in [3.63, 3.8) is 0 Å². The number of pyridine rings is 1. The molecule has 3 nitrogen and oxygen atoms in total. The Labute approximate surface area is 58.9 Å². The fourth-order valence-corrected chi connectivity index (χ4v) is 0.602. The normalized spacial score (nSPS) is 9.30. The number of hydrogen-bond acceptors (Lipinski definition) is 2. The summed E-state index contributed by atoms with van der Waals surface area (Å²) in [6, 6.07) is 3.09. The van der Waals surface area contributed by atoms with Crippen LogP contribution >= 0.6 is 0 Å². The lowest BCUT2D eigenvalue weighted by atomic mass is 10.3. The fourth-order valence-electron chi connectivity index (χ4n) is 0.602. The zero-order valence-corrected chi connectivity index (χ0v) is 5.59. The average molecular weight is 135 g/mol. The number of Topliss-reactive ketones (excluding diaryl/α,β-unsaturated/α-hetero) is 1. The van der Waals surface area contributed by atoms with Gasteiger partial charge in [-0.25, -0.2) is 0 Å². The van der Waals surface area contributed by atoms with E-state index in [-0.39, 0.29) is 5.78 Å². The van der Waals surface area contributed by atoms with Gasteiger partial charge in [0.2, 0.25) is 0 Å². The van der Waals surface area contributed by atoms with Gasteiger partial charge in [0.15, 0.2) is 5.78 Å². The van der Waals surface area contributed by atoms with E-state index in [2.05, 4.69) is 4.98 Å². The number of carbonyl (C=O) groups excluding carboxylic acids is 1. The molecule has 0 unspecified atom stereocenters. The first-order valence-corrected chi connectivity index (χ1v) is 2.89. The van der Waals surface area contributed by atoms with Gasteiger partial charge in [0, 0.05) is 6.92 Å². The Kier molecular flexibility index (Phi) is 1.67. The number of nitrogens with one attached hydrogen (secondary N) is 1. The van der Waals surface area contributed by atoms with Crippen molar-refractivity contribution in [2.45, 2.75) is 6.92 Å². The zero-order valence-electron chi connectivity index (χ0n) is 5.59. The van der Waals surface area contributed by atoms with Crippen LogP contribution in [0.1, 0.15) is 17.4 Å². The van der Waals surface area contributed by atoms with Crippen molar-refractivity contribution in [3.05, 3.63) is 24.0 Å². The molecule has 1 heterocycles. The van der Waals surface area contributed by atoms with Gasteiger partial charge in [0.25, 0.3) is 0 Å². The summed E-state index contributed by atoms with van der Waals surface area (Å²) in [7, 11) is 0. The van der Waals surface area contributed by atoms with Gasteiger partial charge in [0.1, 0.15) is 5.69 Å². The van der Waals surface area contributed by atoms with Gasteiger partial charge in [0.05, 0.1) is 11.9 Å². The second-order valence-corrected chi connectivity index (χ2v) is 1.99. The van der Waals surface area contributed by atoms with E-state index in [0.717, 1.165) is 0 Å². The Bertz CT molecular complexity index is 240. The quantitative estimate of drug-likeness (QED) is 0.543. The molecular formula is C7H7N2O. The molecule has 0 aliphatic carbocycles. The molecule has 1 aromatic rings. The molecule has 0 saturated carbocycles. The van der Waals surface area contributed by atoms with Gasteiger partial charge >= 0.3 is 0 Å². The molecule has 0 atom stereocenters. The van der Waals surface area contributed by atoms with Gasteiger partial charge in [-0.3, -0.25) is 15.5 Å². The van der Waals surface area contributed by atoms with Crippen molar-refractivity contribution in [1.29, 1.82) is 0 Å². The lowest BCUT2D eigenvalue weighted by Gasteiger charge is -1.92. The van der Waals surface area contributed by atoms with E-state index in [1.807, 2.05) is 0 Å². The molecule has 0 amide bonds. The van der Waals surface area contributed by atoms with Crippen LogP contribution in [0.2, 0.25) is 0 Å². The second kappa shape index (κ2) is 2.47. The third-order valence-corrected chi connectivity index (χ3v) is 1.12. The fraction of sp³-hybridized carbons (Fsp3) is 0.143. The summed E-state index contributed by atoms with van der Waals surface area (Å²) in [5.41, 5.74) is 7.80. The van der Waals surface area contributed by atoms with Crippen molar-refractivity contribution in [3.8, 4) is 0 Å². The molecule has 1 aromatic heterocycles. The van der Waals surface area contributed by atoms with E-state index in [1.165, 1.54) is 13.1 Å². The Hall–Kier alpha value is -1.38. The van der Waals surface area contributed by atoms with Crippen LogP contribution in [0, 0.1) is 0 Å². The zero-order chi connectivity index (χ0) is 7.56. The Balaban J connectivity index is 3.00. The maximum Gasteiger partial charge on any atom is 0.178 e. The summed E-state index contributed by atoms with van der Waals surface area (Å²) in [6.45, 7) is 1.45. The van der Waals surface area contributed by atoms with Crippen molar-refractivity contribution >= 4 is 11.5 Å². The molecule has 0 aromatic carbocycles. The van der Waals surface area contributed by atoms with Crippen LogP contribution in [0.25, 0.3) is 0 Å². The number of nitrogens with zero attached hydrogens (tertiary/aromatic N) is 1. The monoisotopic (exact) mass is 135 g/mol. The minimum absolute atomic E-state index is 0.0694. The molecule has 0 spiro atoms. The third-order valence-electron chi connectivity index (χ3n) is 1.12. The number of ketones is 1. The smallest absolute Gasteiger partial charge is 0.178 e. The van der Waals surface area contributed by atoms with E-state index in [1.54, 1.807) is 12.1 Å². The number of carbonyl (C=O) groups is 1. The van der Waals surface area contributed by atoms with E-state index < -0.39 is 0 Å². The molecule has 0 aliphatic rings. The van der Waals surface area contributed by atoms with Crippen molar-refractivity contribution in [2.75, 3.05) is 0 Å². The minimum Gasteiger partial charge on any atom is -0.299 e. The topological polar surface area (TPSA) is 53.8 Å². The van der Waals surface area contributed by atoms with Crippen LogP contribution in [0.15, 0.2) is 18.3 Å². The number of hydrogen-bond donors (Lipinski definition) is 0. The van der Waals surface area contributed by atoms with Gasteiger partial charge in [-0.05, 0) is 12.1 Å². The molecular weight excluding hydrogens is 128 g/mol. The first-order valence-electron chi connectivity index (χ1n) is 2.89. The molecule has 51 valence electrons. The van der Waals surface area contributed by atoms with Crippen molar-refractivity contribution in [1.82, 2.24) is 10.7 Å². The standard InChI is InChI=1S/C7H7N2O/c1-5(10)7-3-2-6(8)4-9-7/h2-4,8H,1H3. The molecule has 0 fully saturated rings. The number of rotatable bonds is 1. The van der Waals surface area contributed by atoms with E-state index in [0.29, 0.717) is 11.4 Å². The highest BCUT2D eigenvalue weighted by Crippen LogP contribution is 2.02. The van der Waals surface area contributed by atoms with Gasteiger partial charge in [-0.1, -0.05) is 0 Å². The van der Waals surface area contributed by atoms with Crippen LogP contribution in [-0.4, -0.2) is 10.8 Å². The van der Waals surface area contributed by atoms with Gasteiger partial charge in [-0.15, -0.1) is 0 Å². The summed E-state index contributed by atoms with van der Waals surface area (Å²) in [6.07, 6.45) is 1.36. The number of aromatic nitrogens is 1. The van der Waals surface area contributed by atoms with Gasteiger partial charge < -0.3 is 0 Å². The van der Waals surface area contributed by atoms with Crippen LogP contribution in [0.4, 0.5) is 5.69 Å². The average Bonchev–Trinajstić information content (AvgIpc) is 1.88. The Morgan fingerprint density at radius 1 is 1.60 bits per heavy atom. The van der Waals surface area contributed by atoms with Crippen LogP contribution in [0.5, 0.6) is 0 Å². The molecule has 3 heteroatoms. The SMILES string of the molecule is CC(=O)c1ccc([NH])cn1. The molecule has 1 radical (unpaired) electrons.